The summed E-state index contributed by atoms with van der Waals surface area (Å²) in [7, 11) is 0. The Bertz CT molecular complexity index is 712. The Balaban J connectivity index is 1.26. The molecule has 3 aliphatic rings. The summed E-state index contributed by atoms with van der Waals surface area (Å²) >= 11 is 0. The first kappa shape index (κ1) is 20.1. The zero-order chi connectivity index (χ0) is 20.2. The highest BCUT2D eigenvalue weighted by molar-refractivity contribution is 5.94. The molecule has 0 saturated carbocycles. The number of nitrogens with one attached hydrogen (secondary N) is 3. The Morgan fingerprint density at radius 1 is 1.10 bits per heavy atom. The molecule has 3 aliphatic heterocycles. The molecule has 2 unspecified atom stereocenters. The van der Waals surface area contributed by atoms with E-state index in [0.717, 1.165) is 57.9 Å². The van der Waals surface area contributed by atoms with Crippen molar-refractivity contribution in [3.63, 3.8) is 0 Å². The molecule has 1 aromatic rings. The van der Waals surface area contributed by atoms with Crippen LogP contribution in [0.5, 0.6) is 0 Å². The summed E-state index contributed by atoms with van der Waals surface area (Å²) in [5.74, 6) is 0.0758. The highest BCUT2D eigenvalue weighted by Crippen LogP contribution is 2.18. The minimum atomic E-state index is -0.101. The van der Waals surface area contributed by atoms with Crippen LogP contribution in [0.3, 0.4) is 0 Å². The average Bonchev–Trinajstić information content (AvgIpc) is 2.74. The number of hydrogen-bond donors (Lipinski definition) is 3. The molecule has 3 N–H and O–H groups in total. The Morgan fingerprint density at radius 3 is 2.45 bits per heavy atom. The van der Waals surface area contributed by atoms with Gasteiger partial charge in [0.05, 0.1) is 13.2 Å². The van der Waals surface area contributed by atoms with Gasteiger partial charge >= 0.3 is 0 Å². The summed E-state index contributed by atoms with van der Waals surface area (Å²) in [6, 6.07) is 8.18. The fraction of sp³-hybridized carbons (Fsp3) is 0.619. The molecule has 29 heavy (non-hydrogen) atoms. The Kier molecular flexibility index (Phi) is 6.32. The Hall–Kier alpha value is -2.16. The van der Waals surface area contributed by atoms with E-state index in [-0.39, 0.29) is 30.2 Å². The number of carbonyl (C=O) groups is 2. The largest absolute Gasteiger partial charge is 0.378 e. The van der Waals surface area contributed by atoms with Crippen LogP contribution in [0.4, 0.5) is 5.69 Å². The molecule has 0 radical (unpaired) electrons. The lowest BCUT2D eigenvalue weighted by molar-refractivity contribution is -0.127. The number of piperidine rings is 1. The van der Waals surface area contributed by atoms with E-state index in [1.807, 2.05) is 31.2 Å². The van der Waals surface area contributed by atoms with E-state index in [1.54, 1.807) is 0 Å². The number of likely N-dealkylation sites (tertiary alicyclic amines) is 1. The monoisotopic (exact) mass is 401 g/mol. The molecule has 8 nitrogen and oxygen atoms in total. The predicted octanol–water partition coefficient (Wildman–Crippen LogP) is 0.499. The fourth-order valence-electron chi connectivity index (χ4n) is 4.27. The van der Waals surface area contributed by atoms with Crippen LogP contribution in [0.15, 0.2) is 24.3 Å². The van der Waals surface area contributed by atoms with Gasteiger partial charge in [-0.1, -0.05) is 0 Å². The third-order valence-electron chi connectivity index (χ3n) is 5.97. The minimum Gasteiger partial charge on any atom is -0.378 e. The first-order valence-electron chi connectivity index (χ1n) is 10.6. The van der Waals surface area contributed by atoms with Crippen molar-refractivity contribution in [2.24, 2.45) is 0 Å². The van der Waals surface area contributed by atoms with Crippen molar-refractivity contribution >= 4 is 17.5 Å². The molecule has 0 spiro atoms. The van der Waals surface area contributed by atoms with Crippen LogP contribution < -0.4 is 20.9 Å². The van der Waals surface area contributed by atoms with Gasteiger partial charge in [0.15, 0.2) is 0 Å². The van der Waals surface area contributed by atoms with Crippen molar-refractivity contribution in [2.45, 2.75) is 44.6 Å². The SMILES string of the molecule is CC1CC(=O)NC(N2CCC(NC(=O)c3ccc(N4CCOCC4)cc3)CC2)N1. The first-order valence-corrected chi connectivity index (χ1v) is 10.6. The summed E-state index contributed by atoms with van der Waals surface area (Å²) < 4.78 is 5.39. The molecule has 8 heteroatoms. The number of morpholine rings is 1. The van der Waals surface area contributed by atoms with Gasteiger partial charge in [0, 0.05) is 55.9 Å². The van der Waals surface area contributed by atoms with Crippen LogP contribution in [-0.2, 0) is 9.53 Å². The number of anilines is 1. The molecule has 3 fully saturated rings. The Labute approximate surface area is 171 Å². The standard InChI is InChI=1S/C21H31N5O3/c1-15-14-19(27)24-21(22-15)26-8-6-17(7-9-26)23-20(28)16-2-4-18(5-3-16)25-10-12-29-13-11-25/h2-5,15,17,21-22H,6-14H2,1H3,(H,23,28)(H,24,27). The van der Waals surface area contributed by atoms with Gasteiger partial charge in [-0.25, -0.2) is 0 Å². The second kappa shape index (κ2) is 9.11. The number of benzene rings is 1. The highest BCUT2D eigenvalue weighted by Gasteiger charge is 2.30. The predicted molar refractivity (Wildman–Crippen MR) is 111 cm³/mol. The molecule has 0 aliphatic carbocycles. The van der Waals surface area contributed by atoms with Gasteiger partial charge < -0.3 is 20.3 Å². The van der Waals surface area contributed by atoms with Gasteiger partial charge in [-0.15, -0.1) is 0 Å². The van der Waals surface area contributed by atoms with Gasteiger partial charge in [-0.3, -0.25) is 19.8 Å². The van der Waals surface area contributed by atoms with Crippen molar-refractivity contribution in [1.82, 2.24) is 20.9 Å². The number of ether oxygens (including phenoxy) is 1. The van der Waals surface area contributed by atoms with Crippen LogP contribution in [-0.4, -0.2) is 74.5 Å². The lowest BCUT2D eigenvalue weighted by atomic mass is 10.0. The number of hydrogen-bond acceptors (Lipinski definition) is 6. The summed E-state index contributed by atoms with van der Waals surface area (Å²) in [4.78, 5) is 28.9. The highest BCUT2D eigenvalue weighted by atomic mass is 16.5. The molecule has 2 atom stereocenters. The lowest BCUT2D eigenvalue weighted by Crippen LogP contribution is -2.65. The van der Waals surface area contributed by atoms with Gasteiger partial charge in [-0.05, 0) is 44.0 Å². The summed E-state index contributed by atoms with van der Waals surface area (Å²) in [5.41, 5.74) is 1.83. The molecule has 3 saturated heterocycles. The van der Waals surface area contributed by atoms with E-state index in [1.165, 1.54) is 0 Å². The van der Waals surface area contributed by atoms with Crippen LogP contribution >= 0.6 is 0 Å². The maximum Gasteiger partial charge on any atom is 0.251 e. The van der Waals surface area contributed by atoms with Gasteiger partial charge in [0.1, 0.15) is 6.29 Å². The van der Waals surface area contributed by atoms with Gasteiger partial charge in [0.25, 0.3) is 5.91 Å². The summed E-state index contributed by atoms with van der Waals surface area (Å²) in [6.07, 6.45) is 2.17. The molecule has 2 amide bonds. The van der Waals surface area contributed by atoms with Crippen molar-refractivity contribution in [2.75, 3.05) is 44.3 Å². The smallest absolute Gasteiger partial charge is 0.251 e. The second-order valence-electron chi connectivity index (χ2n) is 8.17. The van der Waals surface area contributed by atoms with E-state index < -0.39 is 0 Å². The number of carbonyl (C=O) groups excluding carboxylic acids is 2. The van der Waals surface area contributed by atoms with Crippen molar-refractivity contribution in [3.8, 4) is 0 Å². The van der Waals surface area contributed by atoms with E-state index in [9.17, 15) is 9.59 Å². The number of amides is 2. The van der Waals surface area contributed by atoms with E-state index in [0.29, 0.717) is 12.0 Å². The third-order valence-corrected chi connectivity index (χ3v) is 5.97. The number of nitrogens with zero attached hydrogens (tertiary/aromatic N) is 2. The van der Waals surface area contributed by atoms with E-state index in [4.69, 9.17) is 4.74 Å². The van der Waals surface area contributed by atoms with Gasteiger partial charge in [0.2, 0.25) is 5.91 Å². The average molecular weight is 402 g/mol. The van der Waals surface area contributed by atoms with Gasteiger partial charge in [-0.2, -0.15) is 0 Å². The molecular formula is C21H31N5O3. The van der Waals surface area contributed by atoms with Crippen molar-refractivity contribution in [3.05, 3.63) is 29.8 Å². The molecule has 0 aromatic heterocycles. The van der Waals surface area contributed by atoms with Crippen molar-refractivity contribution < 1.29 is 14.3 Å². The van der Waals surface area contributed by atoms with Crippen LogP contribution in [0, 0.1) is 0 Å². The quantitative estimate of drug-likeness (QED) is 0.681. The zero-order valence-corrected chi connectivity index (χ0v) is 17.0. The molecule has 3 heterocycles. The van der Waals surface area contributed by atoms with E-state index in [2.05, 4.69) is 25.8 Å². The molecule has 158 valence electrons. The minimum absolute atomic E-state index is 0.0188. The maximum atomic E-state index is 12.6. The number of rotatable bonds is 4. The first-order chi connectivity index (χ1) is 14.1. The molecule has 4 rings (SSSR count). The second-order valence-corrected chi connectivity index (χ2v) is 8.17. The Morgan fingerprint density at radius 2 is 1.79 bits per heavy atom. The maximum absolute atomic E-state index is 12.6. The third kappa shape index (κ3) is 5.07. The molecular weight excluding hydrogens is 370 g/mol. The topological polar surface area (TPSA) is 85.9 Å². The van der Waals surface area contributed by atoms with Crippen LogP contribution in [0.25, 0.3) is 0 Å². The lowest BCUT2D eigenvalue weighted by Gasteiger charge is -2.41. The van der Waals surface area contributed by atoms with Crippen molar-refractivity contribution in [1.29, 1.82) is 0 Å². The summed E-state index contributed by atoms with van der Waals surface area (Å²) in [5, 5.41) is 9.60. The van der Waals surface area contributed by atoms with Crippen LogP contribution in [0.1, 0.15) is 36.5 Å². The van der Waals surface area contributed by atoms with Crippen LogP contribution in [0.2, 0.25) is 0 Å². The normalized spacial score (nSPS) is 26.8. The zero-order valence-electron chi connectivity index (χ0n) is 17.0. The fourth-order valence-corrected chi connectivity index (χ4v) is 4.27. The molecule has 0 bridgehead atoms. The summed E-state index contributed by atoms with van der Waals surface area (Å²) in [6.45, 7) is 6.98. The van der Waals surface area contributed by atoms with E-state index >= 15 is 0 Å². The molecule has 1 aromatic carbocycles.